The number of piperidine rings is 1. The summed E-state index contributed by atoms with van der Waals surface area (Å²) in [6, 6.07) is 12.2. The molecule has 1 atom stereocenters. The first-order chi connectivity index (χ1) is 15.5. The fourth-order valence-corrected chi connectivity index (χ4v) is 4.23. The summed E-state index contributed by atoms with van der Waals surface area (Å²) in [5, 5.41) is 6.40. The quantitative estimate of drug-likeness (QED) is 0.496. The summed E-state index contributed by atoms with van der Waals surface area (Å²) in [5.74, 6) is 0.926. The lowest BCUT2D eigenvalue weighted by molar-refractivity contribution is -0.115. The van der Waals surface area contributed by atoms with Crippen LogP contribution in [-0.2, 0) is 4.79 Å². The number of ether oxygens (including phenoxy) is 1. The van der Waals surface area contributed by atoms with Gasteiger partial charge in [0.2, 0.25) is 0 Å². The van der Waals surface area contributed by atoms with Crippen LogP contribution in [0.4, 0.5) is 5.69 Å². The van der Waals surface area contributed by atoms with E-state index in [1.807, 2.05) is 0 Å². The van der Waals surface area contributed by atoms with Gasteiger partial charge in [0.05, 0.1) is 5.69 Å². The number of amides is 2. The summed E-state index contributed by atoms with van der Waals surface area (Å²) in [6.07, 6.45) is 5.14. The molecule has 2 aromatic carbocycles. The summed E-state index contributed by atoms with van der Waals surface area (Å²) in [5.41, 5.74) is 1.78. The molecule has 2 aliphatic heterocycles. The Balaban J connectivity index is 1.33. The molecule has 168 valence electrons. The third kappa shape index (κ3) is 5.69. The van der Waals surface area contributed by atoms with E-state index in [0.29, 0.717) is 28.6 Å². The highest BCUT2D eigenvalue weighted by Crippen LogP contribution is 2.32. The molecule has 2 heterocycles. The number of benzene rings is 2. The summed E-state index contributed by atoms with van der Waals surface area (Å²) in [7, 11) is 0. The van der Waals surface area contributed by atoms with Crippen molar-refractivity contribution in [2.45, 2.75) is 26.2 Å². The molecule has 0 aromatic heterocycles. The lowest BCUT2D eigenvalue weighted by Crippen LogP contribution is -2.36. The van der Waals surface area contributed by atoms with Crippen LogP contribution >= 0.6 is 11.6 Å². The van der Waals surface area contributed by atoms with Crippen LogP contribution in [0.25, 0.3) is 6.08 Å². The van der Waals surface area contributed by atoms with Gasteiger partial charge in [-0.1, -0.05) is 30.7 Å². The fraction of sp³-hybridized carbons (Fsp3) is 0.360. The number of likely N-dealkylation sites (tertiary alicyclic amines) is 1. The van der Waals surface area contributed by atoms with E-state index < -0.39 is 0 Å². The molecule has 0 saturated carbocycles. The van der Waals surface area contributed by atoms with Crippen molar-refractivity contribution in [2.75, 3.05) is 31.5 Å². The highest BCUT2D eigenvalue weighted by molar-refractivity contribution is 6.30. The monoisotopic (exact) mass is 453 g/mol. The van der Waals surface area contributed by atoms with Crippen molar-refractivity contribution in [1.82, 2.24) is 10.2 Å². The minimum absolute atomic E-state index is 0.156. The normalized spacial score (nSPS) is 19.8. The molecule has 2 aliphatic rings. The number of carbonyl (C=O) groups excluding carboxylic acids is 2. The molecule has 32 heavy (non-hydrogen) atoms. The van der Waals surface area contributed by atoms with Crippen LogP contribution < -0.4 is 15.4 Å². The van der Waals surface area contributed by atoms with Gasteiger partial charge in [0.1, 0.15) is 0 Å². The zero-order valence-electron chi connectivity index (χ0n) is 18.2. The van der Waals surface area contributed by atoms with Crippen LogP contribution in [-0.4, -0.2) is 42.9 Å². The van der Waals surface area contributed by atoms with Crippen LogP contribution in [0.2, 0.25) is 5.02 Å². The highest BCUT2D eigenvalue weighted by atomic mass is 35.5. The maximum absolute atomic E-state index is 12.5. The van der Waals surface area contributed by atoms with Crippen LogP contribution in [0.1, 0.15) is 42.1 Å². The fourth-order valence-electron chi connectivity index (χ4n) is 4.11. The SMILES string of the molecule is CC1CCCN(CCCNC(=O)c2ccc3c(c2)NC(=O)/C(=C/c2ccc(Cl)cc2)O3)C1. The molecular formula is C25H28ClN3O3. The van der Waals surface area contributed by atoms with E-state index >= 15 is 0 Å². The third-order valence-corrected chi connectivity index (χ3v) is 6.03. The Morgan fingerprint density at radius 2 is 2.09 bits per heavy atom. The van der Waals surface area contributed by atoms with Gasteiger partial charge in [0.15, 0.2) is 11.5 Å². The molecule has 7 heteroatoms. The van der Waals surface area contributed by atoms with Gasteiger partial charge in [-0.25, -0.2) is 0 Å². The first kappa shape index (κ1) is 22.4. The first-order valence-corrected chi connectivity index (χ1v) is 11.5. The number of nitrogens with one attached hydrogen (secondary N) is 2. The molecular weight excluding hydrogens is 426 g/mol. The van der Waals surface area contributed by atoms with Crippen LogP contribution in [0.5, 0.6) is 5.75 Å². The average molecular weight is 454 g/mol. The Kier molecular flexibility index (Phi) is 7.12. The molecule has 4 rings (SSSR count). The maximum Gasteiger partial charge on any atom is 0.291 e. The third-order valence-electron chi connectivity index (χ3n) is 5.78. The van der Waals surface area contributed by atoms with Gasteiger partial charge in [-0.2, -0.15) is 0 Å². The number of rotatable bonds is 6. The number of hydrogen-bond acceptors (Lipinski definition) is 4. The van der Waals surface area contributed by atoms with E-state index in [2.05, 4.69) is 22.5 Å². The van der Waals surface area contributed by atoms with Crippen molar-refractivity contribution < 1.29 is 14.3 Å². The average Bonchev–Trinajstić information content (AvgIpc) is 2.78. The summed E-state index contributed by atoms with van der Waals surface area (Å²) in [6.45, 7) is 6.21. The maximum atomic E-state index is 12.5. The number of hydrogen-bond donors (Lipinski definition) is 2. The molecule has 6 nitrogen and oxygen atoms in total. The van der Waals surface area contributed by atoms with Crippen molar-refractivity contribution in [3.8, 4) is 5.75 Å². The largest absolute Gasteiger partial charge is 0.449 e. The highest BCUT2D eigenvalue weighted by Gasteiger charge is 2.23. The standard InChI is InChI=1S/C25H28ClN3O3/c1-17-4-2-12-29(16-17)13-3-11-27-24(30)19-7-10-22-21(15-19)28-25(31)23(32-22)14-18-5-8-20(26)9-6-18/h5-10,14-15,17H,2-4,11-13,16H2,1H3,(H,27,30)(H,28,31)/b23-14-. The van der Waals surface area contributed by atoms with Crippen molar-refractivity contribution >= 4 is 35.2 Å². The van der Waals surface area contributed by atoms with Gasteiger partial charge in [-0.05, 0) is 80.2 Å². The second-order valence-corrected chi connectivity index (χ2v) is 8.92. The number of halogens is 1. The topological polar surface area (TPSA) is 70.7 Å². The molecule has 1 saturated heterocycles. The van der Waals surface area contributed by atoms with Gasteiger partial charge >= 0.3 is 0 Å². The van der Waals surface area contributed by atoms with E-state index in [1.54, 1.807) is 48.5 Å². The van der Waals surface area contributed by atoms with E-state index in [-0.39, 0.29) is 17.6 Å². The zero-order valence-corrected chi connectivity index (χ0v) is 19.0. The molecule has 1 unspecified atom stereocenters. The number of fused-ring (bicyclic) bond motifs is 1. The molecule has 0 bridgehead atoms. The predicted octanol–water partition coefficient (Wildman–Crippen LogP) is 4.56. The van der Waals surface area contributed by atoms with Crippen molar-refractivity contribution in [2.24, 2.45) is 5.92 Å². The number of anilines is 1. The molecule has 0 radical (unpaired) electrons. The molecule has 1 fully saturated rings. The van der Waals surface area contributed by atoms with Gasteiger partial charge < -0.3 is 20.3 Å². The van der Waals surface area contributed by atoms with Crippen LogP contribution in [0.3, 0.4) is 0 Å². The molecule has 0 aliphatic carbocycles. The summed E-state index contributed by atoms with van der Waals surface area (Å²) in [4.78, 5) is 27.5. The van der Waals surface area contributed by atoms with Gasteiger partial charge in [0.25, 0.3) is 11.8 Å². The van der Waals surface area contributed by atoms with Crippen LogP contribution in [0.15, 0.2) is 48.2 Å². The van der Waals surface area contributed by atoms with Crippen molar-refractivity contribution in [3.05, 3.63) is 64.4 Å². The number of carbonyl (C=O) groups is 2. The first-order valence-electron chi connectivity index (χ1n) is 11.1. The Bertz CT molecular complexity index is 1020. The Hall–Kier alpha value is -2.83. The second kappa shape index (κ2) is 10.2. The predicted molar refractivity (Wildman–Crippen MR) is 127 cm³/mol. The molecule has 2 N–H and O–H groups in total. The van der Waals surface area contributed by atoms with Gasteiger partial charge in [0, 0.05) is 23.7 Å². The van der Waals surface area contributed by atoms with E-state index in [1.165, 1.54) is 12.8 Å². The lowest BCUT2D eigenvalue weighted by atomic mass is 10.0. The molecule has 2 amide bonds. The zero-order chi connectivity index (χ0) is 22.5. The van der Waals surface area contributed by atoms with E-state index in [4.69, 9.17) is 16.3 Å². The molecule has 2 aromatic rings. The summed E-state index contributed by atoms with van der Waals surface area (Å²) >= 11 is 5.91. The van der Waals surface area contributed by atoms with Crippen molar-refractivity contribution in [1.29, 1.82) is 0 Å². The lowest BCUT2D eigenvalue weighted by Gasteiger charge is -2.30. The minimum atomic E-state index is -0.360. The van der Waals surface area contributed by atoms with E-state index in [9.17, 15) is 9.59 Å². The molecule has 0 spiro atoms. The van der Waals surface area contributed by atoms with Gasteiger partial charge in [-0.15, -0.1) is 0 Å². The minimum Gasteiger partial charge on any atom is -0.449 e. The van der Waals surface area contributed by atoms with Crippen molar-refractivity contribution in [3.63, 3.8) is 0 Å². The number of nitrogens with zero attached hydrogens (tertiary/aromatic N) is 1. The van der Waals surface area contributed by atoms with E-state index in [0.717, 1.165) is 37.5 Å². The Labute approximate surface area is 193 Å². The van der Waals surface area contributed by atoms with Crippen LogP contribution in [0, 0.1) is 5.92 Å². The summed E-state index contributed by atoms with van der Waals surface area (Å²) < 4.78 is 5.77. The Morgan fingerprint density at radius 1 is 1.28 bits per heavy atom. The Morgan fingerprint density at radius 3 is 2.88 bits per heavy atom. The van der Waals surface area contributed by atoms with Gasteiger partial charge in [-0.3, -0.25) is 9.59 Å². The second-order valence-electron chi connectivity index (χ2n) is 8.48. The smallest absolute Gasteiger partial charge is 0.291 e.